The van der Waals surface area contributed by atoms with Crippen molar-refractivity contribution in [2.45, 2.75) is 43.6 Å². The Kier molecular flexibility index (Phi) is 4.63. The molecule has 7 nitrogen and oxygen atoms in total. The molecule has 1 aromatic carbocycles. The third-order valence-electron chi connectivity index (χ3n) is 5.94. The van der Waals surface area contributed by atoms with Crippen LogP contribution in [-0.4, -0.2) is 56.8 Å². The van der Waals surface area contributed by atoms with Crippen LogP contribution in [0.3, 0.4) is 0 Å². The number of phenols is 1. The summed E-state index contributed by atoms with van der Waals surface area (Å²) in [5, 5.41) is 31.0. The summed E-state index contributed by atoms with van der Waals surface area (Å²) in [6, 6.07) is 9.08. The summed E-state index contributed by atoms with van der Waals surface area (Å²) in [5.41, 5.74) is 3.60. The number of alkyl halides is 1. The zero-order valence-corrected chi connectivity index (χ0v) is 16.7. The summed E-state index contributed by atoms with van der Waals surface area (Å²) >= 11 is 1.41. The minimum atomic E-state index is -0.919. The van der Waals surface area contributed by atoms with E-state index >= 15 is 0 Å². The molecule has 5 rings (SSSR count). The van der Waals surface area contributed by atoms with Crippen molar-refractivity contribution in [3.8, 4) is 27.6 Å². The van der Waals surface area contributed by atoms with E-state index in [1.165, 1.54) is 11.3 Å². The lowest BCUT2D eigenvalue weighted by Crippen LogP contribution is -2.55. The van der Waals surface area contributed by atoms with E-state index in [-0.39, 0.29) is 17.8 Å². The van der Waals surface area contributed by atoms with Crippen LogP contribution in [0, 0.1) is 0 Å². The molecule has 2 saturated heterocycles. The first-order valence-corrected chi connectivity index (χ1v) is 10.5. The van der Waals surface area contributed by atoms with E-state index in [1.54, 1.807) is 23.7 Å². The third kappa shape index (κ3) is 3.34. The number of halogens is 1. The molecule has 29 heavy (non-hydrogen) atoms. The maximum Gasteiger partial charge on any atom is 0.151 e. The molecule has 0 aliphatic carbocycles. The zero-order valence-electron chi connectivity index (χ0n) is 15.9. The van der Waals surface area contributed by atoms with Crippen LogP contribution in [0.25, 0.3) is 21.8 Å². The van der Waals surface area contributed by atoms with Gasteiger partial charge in [0.1, 0.15) is 22.4 Å². The van der Waals surface area contributed by atoms with Gasteiger partial charge in [0.2, 0.25) is 0 Å². The van der Waals surface area contributed by atoms with E-state index in [0.29, 0.717) is 23.1 Å². The lowest BCUT2D eigenvalue weighted by Gasteiger charge is -2.38. The number of benzene rings is 1. The molecule has 4 heterocycles. The summed E-state index contributed by atoms with van der Waals surface area (Å²) in [6.45, 7) is 0. The van der Waals surface area contributed by atoms with Gasteiger partial charge in [0.25, 0.3) is 0 Å². The van der Waals surface area contributed by atoms with Crippen LogP contribution in [0.5, 0.6) is 5.75 Å². The monoisotopic (exact) mass is 412 g/mol. The Morgan fingerprint density at radius 3 is 2.79 bits per heavy atom. The van der Waals surface area contributed by atoms with Gasteiger partial charge in [-0.15, -0.1) is 20.4 Å². The van der Waals surface area contributed by atoms with Crippen molar-refractivity contribution >= 4 is 17.2 Å². The molecular formula is C20H21FN6OS. The van der Waals surface area contributed by atoms with Gasteiger partial charge < -0.3 is 15.3 Å². The van der Waals surface area contributed by atoms with Gasteiger partial charge >= 0.3 is 0 Å². The van der Waals surface area contributed by atoms with Gasteiger partial charge in [-0.05, 0) is 43.5 Å². The molecule has 2 fully saturated rings. The number of nitrogens with zero attached hydrogens (tertiary/aromatic N) is 5. The first-order chi connectivity index (χ1) is 14.1. The second kappa shape index (κ2) is 7.31. The number of hydrogen-bond donors (Lipinski definition) is 2. The van der Waals surface area contributed by atoms with Gasteiger partial charge in [0.05, 0.1) is 11.7 Å². The van der Waals surface area contributed by atoms with Crippen LogP contribution >= 0.6 is 11.3 Å². The minimum Gasteiger partial charge on any atom is -0.507 e. The molecule has 0 saturated carbocycles. The summed E-state index contributed by atoms with van der Waals surface area (Å²) in [5.74, 6) is 0.736. The van der Waals surface area contributed by atoms with Crippen LogP contribution in [0.2, 0.25) is 0 Å². The number of rotatable bonds is 4. The van der Waals surface area contributed by atoms with Gasteiger partial charge in [-0.25, -0.2) is 4.39 Å². The predicted octanol–water partition coefficient (Wildman–Crippen LogP) is 3.03. The Morgan fingerprint density at radius 2 is 2.07 bits per heavy atom. The standard InChI is InChI=1S/C20H21FN6OS/c1-27(16-9-12-3-5-15(23-12)19(16)21)18-7-6-14(24-25-18)13-4-2-11(8-17(13)28)20-26-22-10-29-20/h2,4,6-8,10,12,15-16,19,23,28H,3,5,9H2,1H3/t12?,15?,16-,19+/m0/s1. The Bertz CT molecular complexity index is 999. The molecule has 9 heteroatoms. The van der Waals surface area contributed by atoms with Crippen molar-refractivity contribution in [2.24, 2.45) is 0 Å². The molecule has 2 aromatic heterocycles. The number of anilines is 1. The fourth-order valence-electron chi connectivity index (χ4n) is 4.36. The van der Waals surface area contributed by atoms with E-state index in [1.807, 2.05) is 24.1 Å². The van der Waals surface area contributed by atoms with Gasteiger partial charge in [0, 0.05) is 30.3 Å². The molecule has 2 N–H and O–H groups in total. The molecule has 2 aliphatic heterocycles. The Labute approximate surface area is 171 Å². The highest BCUT2D eigenvalue weighted by molar-refractivity contribution is 7.12. The highest BCUT2D eigenvalue weighted by Crippen LogP contribution is 2.35. The average Bonchev–Trinajstić information content (AvgIpc) is 3.41. The smallest absolute Gasteiger partial charge is 0.151 e. The van der Waals surface area contributed by atoms with Gasteiger partial charge in [0.15, 0.2) is 5.82 Å². The molecule has 0 spiro atoms. The molecule has 0 amide bonds. The fourth-order valence-corrected chi connectivity index (χ4v) is 4.91. The summed E-state index contributed by atoms with van der Waals surface area (Å²) in [6.07, 6.45) is 1.78. The van der Waals surface area contributed by atoms with Gasteiger partial charge in [-0.3, -0.25) is 0 Å². The maximum absolute atomic E-state index is 14.8. The second-order valence-electron chi connectivity index (χ2n) is 7.66. The second-order valence-corrected chi connectivity index (χ2v) is 8.49. The predicted molar refractivity (Wildman–Crippen MR) is 110 cm³/mol. The van der Waals surface area contributed by atoms with E-state index in [4.69, 9.17) is 0 Å². The normalized spacial score (nSPS) is 25.9. The van der Waals surface area contributed by atoms with E-state index in [0.717, 1.165) is 29.8 Å². The largest absolute Gasteiger partial charge is 0.507 e. The van der Waals surface area contributed by atoms with Crippen LogP contribution in [0.15, 0.2) is 35.8 Å². The summed E-state index contributed by atoms with van der Waals surface area (Å²) in [7, 11) is 1.88. The molecule has 2 bridgehead atoms. The van der Waals surface area contributed by atoms with Crippen molar-refractivity contribution in [3.63, 3.8) is 0 Å². The molecule has 2 unspecified atom stereocenters. The molecular weight excluding hydrogens is 391 g/mol. The first-order valence-electron chi connectivity index (χ1n) is 9.67. The molecule has 3 aromatic rings. The number of hydrogen-bond acceptors (Lipinski definition) is 8. The summed E-state index contributed by atoms with van der Waals surface area (Å²) < 4.78 is 14.8. The highest BCUT2D eigenvalue weighted by atomic mass is 32.1. The Morgan fingerprint density at radius 1 is 1.17 bits per heavy atom. The molecule has 0 radical (unpaired) electrons. The number of fused-ring (bicyclic) bond motifs is 2. The minimum absolute atomic E-state index is 0.0584. The topological polar surface area (TPSA) is 87.1 Å². The lowest BCUT2D eigenvalue weighted by molar-refractivity contribution is 0.176. The van der Waals surface area contributed by atoms with Crippen LogP contribution < -0.4 is 10.2 Å². The van der Waals surface area contributed by atoms with Crippen molar-refractivity contribution in [2.75, 3.05) is 11.9 Å². The van der Waals surface area contributed by atoms with Crippen molar-refractivity contribution in [1.29, 1.82) is 0 Å². The Balaban J connectivity index is 1.36. The number of nitrogens with one attached hydrogen (secondary N) is 1. The Hall–Kier alpha value is -2.65. The SMILES string of the molecule is CN(c1ccc(-c2ccc(-c3nncs3)cc2O)nn1)[C@H]1CC2CCC(N2)[C@H]1F. The molecule has 150 valence electrons. The lowest BCUT2D eigenvalue weighted by atomic mass is 9.96. The van der Waals surface area contributed by atoms with Crippen LogP contribution in [-0.2, 0) is 0 Å². The number of aromatic hydroxyl groups is 1. The van der Waals surface area contributed by atoms with Crippen molar-refractivity contribution < 1.29 is 9.50 Å². The van der Waals surface area contributed by atoms with Crippen molar-refractivity contribution in [3.05, 3.63) is 35.8 Å². The van der Waals surface area contributed by atoms with Crippen molar-refractivity contribution in [1.82, 2.24) is 25.7 Å². The molecule has 2 aliphatic rings. The van der Waals surface area contributed by atoms with E-state index in [2.05, 4.69) is 25.7 Å². The van der Waals surface area contributed by atoms with E-state index in [9.17, 15) is 9.50 Å². The third-order valence-corrected chi connectivity index (χ3v) is 6.68. The number of aromatic nitrogens is 4. The highest BCUT2D eigenvalue weighted by Gasteiger charge is 2.43. The average molecular weight is 412 g/mol. The van der Waals surface area contributed by atoms with Gasteiger partial charge in [-0.1, -0.05) is 17.4 Å². The maximum atomic E-state index is 14.8. The van der Waals surface area contributed by atoms with Gasteiger partial charge in [-0.2, -0.15) is 0 Å². The fraction of sp³-hybridized carbons (Fsp3) is 0.400. The molecule has 4 atom stereocenters. The van der Waals surface area contributed by atoms with E-state index < -0.39 is 6.17 Å². The van der Waals surface area contributed by atoms with Crippen LogP contribution in [0.4, 0.5) is 10.2 Å². The first kappa shape index (κ1) is 18.4. The summed E-state index contributed by atoms with van der Waals surface area (Å²) in [4.78, 5) is 1.89. The zero-order chi connectivity index (χ0) is 20.0. The van der Waals surface area contributed by atoms with Crippen LogP contribution in [0.1, 0.15) is 19.3 Å². The quantitative estimate of drug-likeness (QED) is 0.681. The number of piperidine rings is 1. The number of phenolic OH excluding ortho intramolecular Hbond substituents is 1.